The van der Waals surface area contributed by atoms with E-state index in [1.807, 2.05) is 24.3 Å². The number of carbonyl (C=O) groups is 2. The minimum atomic E-state index is -0.973. The van der Waals surface area contributed by atoms with Crippen LogP contribution in [0.4, 0.5) is 0 Å². The predicted molar refractivity (Wildman–Crippen MR) is 63.1 cm³/mol. The first-order chi connectivity index (χ1) is 8.12. The highest BCUT2D eigenvalue weighted by atomic mass is 79.9. The molecule has 4 nitrogen and oxygen atoms in total. The lowest BCUT2D eigenvalue weighted by molar-refractivity contribution is -0.165. The molecule has 0 aromatic heterocycles. The summed E-state index contributed by atoms with van der Waals surface area (Å²) in [5.74, 6) is -0.668. The quantitative estimate of drug-likeness (QED) is 0.799. The molecular formula is C12H10BrNO3. The van der Waals surface area contributed by atoms with Crippen LogP contribution in [-0.4, -0.2) is 17.9 Å². The number of fused-ring (bicyclic) bond motifs is 2. The van der Waals surface area contributed by atoms with E-state index in [0.717, 1.165) is 10.0 Å². The number of morpholine rings is 1. The molecule has 2 bridgehead atoms. The van der Waals surface area contributed by atoms with Crippen LogP contribution < -0.4 is 5.32 Å². The van der Waals surface area contributed by atoms with Gasteiger partial charge in [0.2, 0.25) is 0 Å². The SMILES string of the molecule is O=C1NC(=O)C2(c3ccc(Br)cc3)CCC1O2. The third-order valence-corrected chi connectivity index (χ3v) is 3.84. The number of carbonyl (C=O) groups excluding carboxylic acids is 2. The van der Waals surface area contributed by atoms with Crippen LogP contribution in [0, 0.1) is 0 Å². The lowest BCUT2D eigenvalue weighted by Crippen LogP contribution is -2.54. The Morgan fingerprint density at radius 3 is 2.71 bits per heavy atom. The van der Waals surface area contributed by atoms with Crippen molar-refractivity contribution in [2.45, 2.75) is 24.5 Å². The van der Waals surface area contributed by atoms with Crippen molar-refractivity contribution < 1.29 is 14.3 Å². The van der Waals surface area contributed by atoms with Gasteiger partial charge < -0.3 is 4.74 Å². The van der Waals surface area contributed by atoms with Gasteiger partial charge in [-0.25, -0.2) is 0 Å². The molecule has 2 aliphatic heterocycles. The molecule has 2 saturated heterocycles. The fraction of sp³-hybridized carbons (Fsp3) is 0.333. The van der Waals surface area contributed by atoms with Crippen molar-refractivity contribution in [1.82, 2.24) is 5.32 Å². The molecule has 1 aromatic rings. The first-order valence-corrected chi connectivity index (χ1v) is 6.20. The Labute approximate surface area is 106 Å². The average molecular weight is 296 g/mol. The van der Waals surface area contributed by atoms with E-state index in [1.54, 1.807) is 0 Å². The molecular weight excluding hydrogens is 286 g/mol. The van der Waals surface area contributed by atoms with Crippen molar-refractivity contribution in [2.75, 3.05) is 0 Å². The zero-order valence-electron chi connectivity index (χ0n) is 8.90. The zero-order valence-corrected chi connectivity index (χ0v) is 10.5. The minimum absolute atomic E-state index is 0.319. The van der Waals surface area contributed by atoms with Crippen molar-refractivity contribution in [3.8, 4) is 0 Å². The van der Waals surface area contributed by atoms with Crippen molar-refractivity contribution in [3.05, 3.63) is 34.3 Å². The first-order valence-electron chi connectivity index (χ1n) is 5.41. The van der Waals surface area contributed by atoms with Crippen molar-refractivity contribution in [2.24, 2.45) is 0 Å². The van der Waals surface area contributed by atoms with Gasteiger partial charge in [0.05, 0.1) is 0 Å². The molecule has 2 unspecified atom stereocenters. The molecule has 2 amide bonds. The number of imide groups is 1. The summed E-state index contributed by atoms with van der Waals surface area (Å²) < 4.78 is 6.60. The normalized spacial score (nSPS) is 31.5. The lowest BCUT2D eigenvalue weighted by atomic mass is 9.90. The smallest absolute Gasteiger partial charge is 0.263 e. The Hall–Kier alpha value is -1.20. The summed E-state index contributed by atoms with van der Waals surface area (Å²) in [5.41, 5.74) is -0.174. The van der Waals surface area contributed by atoms with E-state index >= 15 is 0 Å². The van der Waals surface area contributed by atoms with Crippen LogP contribution in [0.15, 0.2) is 28.7 Å². The Morgan fingerprint density at radius 2 is 2.00 bits per heavy atom. The van der Waals surface area contributed by atoms with Crippen molar-refractivity contribution in [3.63, 3.8) is 0 Å². The summed E-state index contributed by atoms with van der Waals surface area (Å²) in [6.45, 7) is 0. The van der Waals surface area contributed by atoms with Gasteiger partial charge in [-0.3, -0.25) is 14.9 Å². The summed E-state index contributed by atoms with van der Waals surface area (Å²) in [4.78, 5) is 23.4. The maximum atomic E-state index is 12.0. The number of halogens is 1. The monoisotopic (exact) mass is 295 g/mol. The second kappa shape index (κ2) is 3.65. The Balaban J connectivity index is 2.04. The maximum Gasteiger partial charge on any atom is 0.263 e. The fourth-order valence-electron chi connectivity index (χ4n) is 2.40. The minimum Gasteiger partial charge on any atom is -0.347 e. The van der Waals surface area contributed by atoms with Gasteiger partial charge in [-0.2, -0.15) is 0 Å². The Kier molecular flexibility index (Phi) is 2.34. The largest absolute Gasteiger partial charge is 0.347 e. The van der Waals surface area contributed by atoms with Gasteiger partial charge in [-0.15, -0.1) is 0 Å². The molecule has 3 rings (SSSR count). The lowest BCUT2D eigenvalue weighted by Gasteiger charge is -2.31. The van der Waals surface area contributed by atoms with Crippen LogP contribution in [0.5, 0.6) is 0 Å². The highest BCUT2D eigenvalue weighted by molar-refractivity contribution is 9.10. The number of ether oxygens (including phenoxy) is 1. The number of nitrogens with one attached hydrogen (secondary N) is 1. The van der Waals surface area contributed by atoms with E-state index in [4.69, 9.17) is 4.74 Å². The van der Waals surface area contributed by atoms with Crippen LogP contribution in [0.2, 0.25) is 0 Å². The third-order valence-electron chi connectivity index (χ3n) is 3.31. The van der Waals surface area contributed by atoms with Gasteiger partial charge in [0.15, 0.2) is 5.60 Å². The maximum absolute atomic E-state index is 12.0. The average Bonchev–Trinajstić information content (AvgIpc) is 2.71. The zero-order chi connectivity index (χ0) is 12.0. The summed E-state index contributed by atoms with van der Waals surface area (Å²) >= 11 is 3.35. The van der Waals surface area contributed by atoms with E-state index < -0.39 is 11.7 Å². The van der Waals surface area contributed by atoms with E-state index in [2.05, 4.69) is 21.2 Å². The third kappa shape index (κ3) is 1.53. The summed E-state index contributed by atoms with van der Waals surface area (Å²) in [6.07, 6.45) is 0.654. The van der Waals surface area contributed by atoms with Gasteiger partial charge in [-0.05, 0) is 30.5 Å². The Bertz CT molecular complexity index is 499. The molecule has 2 heterocycles. The molecule has 1 aromatic carbocycles. The molecule has 0 aliphatic carbocycles. The molecule has 88 valence electrons. The highest BCUT2D eigenvalue weighted by Crippen LogP contribution is 2.42. The van der Waals surface area contributed by atoms with Gasteiger partial charge in [0.25, 0.3) is 11.8 Å². The number of amides is 2. The van der Waals surface area contributed by atoms with Gasteiger partial charge in [0, 0.05) is 4.47 Å². The molecule has 2 atom stereocenters. The molecule has 0 saturated carbocycles. The molecule has 0 spiro atoms. The van der Waals surface area contributed by atoms with E-state index in [9.17, 15) is 9.59 Å². The highest BCUT2D eigenvalue weighted by Gasteiger charge is 2.54. The van der Waals surface area contributed by atoms with E-state index in [-0.39, 0.29) is 11.8 Å². The number of rotatable bonds is 1. The van der Waals surface area contributed by atoms with E-state index in [1.165, 1.54) is 0 Å². The summed E-state index contributed by atoms with van der Waals surface area (Å²) in [5, 5.41) is 2.38. The molecule has 17 heavy (non-hydrogen) atoms. The van der Waals surface area contributed by atoms with Crippen molar-refractivity contribution >= 4 is 27.7 Å². The molecule has 5 heteroatoms. The molecule has 0 radical (unpaired) electrons. The molecule has 1 N–H and O–H groups in total. The second-order valence-electron chi connectivity index (χ2n) is 4.30. The Morgan fingerprint density at radius 1 is 1.29 bits per heavy atom. The van der Waals surface area contributed by atoms with E-state index in [0.29, 0.717) is 12.8 Å². The van der Waals surface area contributed by atoms with Gasteiger partial charge >= 0.3 is 0 Å². The topological polar surface area (TPSA) is 55.4 Å². The first kappa shape index (κ1) is 10.9. The standard InChI is InChI=1S/C12H10BrNO3/c13-8-3-1-7(2-4-8)12-6-5-9(17-12)10(15)14-11(12)16/h1-4,9H,5-6H2,(H,14,15,16). The van der Waals surface area contributed by atoms with Gasteiger partial charge in [-0.1, -0.05) is 28.1 Å². The van der Waals surface area contributed by atoms with Crippen molar-refractivity contribution in [1.29, 1.82) is 0 Å². The second-order valence-corrected chi connectivity index (χ2v) is 5.21. The number of hydrogen-bond donors (Lipinski definition) is 1. The van der Waals surface area contributed by atoms with Crippen LogP contribution >= 0.6 is 15.9 Å². The van der Waals surface area contributed by atoms with Crippen LogP contribution in [0.25, 0.3) is 0 Å². The fourth-order valence-corrected chi connectivity index (χ4v) is 2.67. The summed E-state index contributed by atoms with van der Waals surface area (Å²) in [6, 6.07) is 7.43. The van der Waals surface area contributed by atoms with Crippen LogP contribution in [-0.2, 0) is 19.9 Å². The van der Waals surface area contributed by atoms with Gasteiger partial charge in [0.1, 0.15) is 6.10 Å². The van der Waals surface area contributed by atoms with Crippen LogP contribution in [0.1, 0.15) is 18.4 Å². The molecule has 2 aliphatic rings. The number of benzene rings is 1. The number of hydrogen-bond acceptors (Lipinski definition) is 3. The summed E-state index contributed by atoms with van der Waals surface area (Å²) in [7, 11) is 0. The predicted octanol–water partition coefficient (Wildman–Crippen LogP) is 1.48. The molecule has 2 fully saturated rings. The van der Waals surface area contributed by atoms with Crippen LogP contribution in [0.3, 0.4) is 0 Å².